The monoisotopic (exact) mass is 353 g/mol. The zero-order valence-corrected chi connectivity index (χ0v) is 16.8. The van der Waals surface area contributed by atoms with Gasteiger partial charge in [-0.2, -0.15) is 0 Å². The lowest BCUT2D eigenvalue weighted by Crippen LogP contribution is -2.01. The van der Waals surface area contributed by atoms with Crippen molar-refractivity contribution in [2.45, 2.75) is 78.1 Å². The molecule has 1 unspecified atom stereocenters. The van der Waals surface area contributed by atoms with Crippen molar-refractivity contribution in [3.8, 4) is 5.75 Å². The Labute approximate surface area is 160 Å². The van der Waals surface area contributed by atoms with Crippen molar-refractivity contribution in [1.29, 1.82) is 0 Å². The van der Waals surface area contributed by atoms with Gasteiger partial charge >= 0.3 is 0 Å². The van der Waals surface area contributed by atoms with E-state index >= 15 is 0 Å². The van der Waals surface area contributed by atoms with Crippen LogP contribution in [-0.4, -0.2) is 11.6 Å². The second kappa shape index (κ2) is 11.7. The molecule has 0 amide bonds. The summed E-state index contributed by atoms with van der Waals surface area (Å²) in [6.45, 7) is 7.49. The number of pyridine rings is 1. The van der Waals surface area contributed by atoms with E-state index in [0.717, 1.165) is 37.3 Å². The molecule has 2 heteroatoms. The van der Waals surface area contributed by atoms with E-state index in [2.05, 4.69) is 62.2 Å². The number of benzene rings is 1. The molecule has 0 radical (unpaired) electrons. The van der Waals surface area contributed by atoms with Crippen molar-refractivity contribution in [2.75, 3.05) is 6.61 Å². The number of nitrogens with zero attached hydrogens (tertiary/aromatic N) is 1. The number of aromatic nitrogens is 1. The van der Waals surface area contributed by atoms with Crippen LogP contribution < -0.4 is 4.74 Å². The summed E-state index contributed by atoms with van der Waals surface area (Å²) in [6, 6.07) is 12.9. The summed E-state index contributed by atoms with van der Waals surface area (Å²) in [7, 11) is 0. The van der Waals surface area contributed by atoms with Gasteiger partial charge in [0.1, 0.15) is 5.75 Å². The van der Waals surface area contributed by atoms with Crippen LogP contribution in [0.25, 0.3) is 0 Å². The molecule has 0 spiro atoms. The lowest BCUT2D eigenvalue weighted by Gasteiger charge is -2.13. The van der Waals surface area contributed by atoms with E-state index in [1.54, 1.807) is 0 Å². The molecule has 0 saturated carbocycles. The first-order chi connectivity index (χ1) is 12.7. The third-order valence-electron chi connectivity index (χ3n) is 4.98. The van der Waals surface area contributed by atoms with Gasteiger partial charge in [0.15, 0.2) is 0 Å². The quantitative estimate of drug-likeness (QED) is 0.386. The fourth-order valence-corrected chi connectivity index (χ4v) is 3.22. The first-order valence-electron chi connectivity index (χ1n) is 10.4. The van der Waals surface area contributed by atoms with Crippen molar-refractivity contribution >= 4 is 0 Å². The van der Waals surface area contributed by atoms with E-state index in [0.29, 0.717) is 5.92 Å². The fourth-order valence-electron chi connectivity index (χ4n) is 3.22. The highest BCUT2D eigenvalue weighted by atomic mass is 16.5. The van der Waals surface area contributed by atoms with Gasteiger partial charge in [-0.25, -0.2) is 0 Å². The Morgan fingerprint density at radius 1 is 0.846 bits per heavy atom. The van der Waals surface area contributed by atoms with Gasteiger partial charge in [-0.3, -0.25) is 4.98 Å². The van der Waals surface area contributed by atoms with Crippen LogP contribution in [0.1, 0.15) is 88.5 Å². The standard InChI is InChI=1S/C24H35NO/c1-4-6-7-8-9-10-18-26-23-15-13-22(14-16-23)20(3)24-17-12-21(11-5-2)19-25-24/h12-17,19-20H,4-11,18H2,1-3H3. The van der Waals surface area contributed by atoms with Crippen molar-refractivity contribution in [2.24, 2.45) is 0 Å². The van der Waals surface area contributed by atoms with Crippen LogP contribution in [0.15, 0.2) is 42.6 Å². The summed E-state index contributed by atoms with van der Waals surface area (Å²) in [5.74, 6) is 1.28. The average Bonchev–Trinajstić information content (AvgIpc) is 2.68. The normalized spacial score (nSPS) is 12.1. The van der Waals surface area contributed by atoms with E-state index < -0.39 is 0 Å². The molecule has 2 rings (SSSR count). The van der Waals surface area contributed by atoms with Gasteiger partial charge < -0.3 is 4.74 Å². The van der Waals surface area contributed by atoms with Crippen molar-refractivity contribution in [1.82, 2.24) is 4.98 Å². The van der Waals surface area contributed by atoms with Crippen LogP contribution >= 0.6 is 0 Å². The number of ether oxygens (including phenoxy) is 1. The van der Waals surface area contributed by atoms with Crippen LogP contribution in [0.4, 0.5) is 0 Å². The summed E-state index contributed by atoms with van der Waals surface area (Å²) in [5.41, 5.74) is 3.74. The van der Waals surface area contributed by atoms with Crippen LogP contribution in [0.2, 0.25) is 0 Å². The van der Waals surface area contributed by atoms with Crippen LogP contribution in [-0.2, 0) is 6.42 Å². The SMILES string of the molecule is CCCCCCCCOc1ccc(C(C)c2ccc(CCC)cn2)cc1. The molecule has 2 aromatic rings. The molecule has 0 N–H and O–H groups in total. The number of hydrogen-bond acceptors (Lipinski definition) is 2. The molecular formula is C24H35NO. The van der Waals surface area contributed by atoms with E-state index in [4.69, 9.17) is 4.74 Å². The molecule has 0 fully saturated rings. The summed E-state index contributed by atoms with van der Waals surface area (Å²) >= 11 is 0. The number of hydrogen-bond donors (Lipinski definition) is 0. The predicted molar refractivity (Wildman–Crippen MR) is 111 cm³/mol. The lowest BCUT2D eigenvalue weighted by atomic mass is 9.96. The molecule has 142 valence electrons. The van der Waals surface area contributed by atoms with Gasteiger partial charge in [0.25, 0.3) is 0 Å². The Kier molecular flexibility index (Phi) is 9.23. The van der Waals surface area contributed by atoms with E-state index in [9.17, 15) is 0 Å². The number of aryl methyl sites for hydroxylation is 1. The molecular weight excluding hydrogens is 318 g/mol. The molecule has 1 aromatic heterocycles. The smallest absolute Gasteiger partial charge is 0.119 e. The van der Waals surface area contributed by atoms with Crippen molar-refractivity contribution < 1.29 is 4.74 Å². The molecule has 0 aliphatic heterocycles. The van der Waals surface area contributed by atoms with E-state index in [1.807, 2.05) is 6.20 Å². The third kappa shape index (κ3) is 6.82. The first kappa shape index (κ1) is 20.5. The van der Waals surface area contributed by atoms with Crippen LogP contribution in [0.5, 0.6) is 5.75 Å². The zero-order valence-electron chi connectivity index (χ0n) is 16.8. The molecule has 26 heavy (non-hydrogen) atoms. The van der Waals surface area contributed by atoms with Gasteiger partial charge in [-0.1, -0.05) is 77.5 Å². The van der Waals surface area contributed by atoms with Gasteiger partial charge in [-0.15, -0.1) is 0 Å². The fraction of sp³-hybridized carbons (Fsp3) is 0.542. The Bertz CT molecular complexity index is 603. The molecule has 2 nitrogen and oxygen atoms in total. The number of rotatable bonds is 12. The van der Waals surface area contributed by atoms with E-state index in [-0.39, 0.29) is 0 Å². The van der Waals surface area contributed by atoms with Gasteiger partial charge in [0, 0.05) is 17.8 Å². The Balaban J connectivity index is 1.78. The Morgan fingerprint density at radius 2 is 1.58 bits per heavy atom. The molecule has 0 bridgehead atoms. The summed E-state index contributed by atoms with van der Waals surface area (Å²) in [6.07, 6.45) is 12.1. The average molecular weight is 354 g/mol. The molecule has 1 aromatic carbocycles. The Morgan fingerprint density at radius 3 is 2.23 bits per heavy atom. The minimum atomic E-state index is 0.304. The Hall–Kier alpha value is -1.83. The minimum absolute atomic E-state index is 0.304. The molecule has 0 aliphatic rings. The maximum atomic E-state index is 5.88. The third-order valence-corrected chi connectivity index (χ3v) is 4.98. The first-order valence-corrected chi connectivity index (χ1v) is 10.4. The summed E-state index contributed by atoms with van der Waals surface area (Å²) in [5, 5.41) is 0. The second-order valence-corrected chi connectivity index (χ2v) is 7.25. The van der Waals surface area contributed by atoms with Crippen molar-refractivity contribution in [3.63, 3.8) is 0 Å². The molecule has 1 atom stereocenters. The minimum Gasteiger partial charge on any atom is -0.494 e. The van der Waals surface area contributed by atoms with Crippen LogP contribution in [0.3, 0.4) is 0 Å². The number of unbranched alkanes of at least 4 members (excludes halogenated alkanes) is 5. The molecule has 0 aliphatic carbocycles. The highest BCUT2D eigenvalue weighted by Crippen LogP contribution is 2.25. The van der Waals surface area contributed by atoms with E-state index in [1.165, 1.54) is 43.2 Å². The van der Waals surface area contributed by atoms with Gasteiger partial charge in [0.2, 0.25) is 0 Å². The van der Waals surface area contributed by atoms with Crippen molar-refractivity contribution in [3.05, 3.63) is 59.4 Å². The zero-order chi connectivity index (χ0) is 18.6. The largest absolute Gasteiger partial charge is 0.494 e. The van der Waals surface area contributed by atoms with Gasteiger partial charge in [0.05, 0.1) is 6.61 Å². The maximum absolute atomic E-state index is 5.88. The summed E-state index contributed by atoms with van der Waals surface area (Å²) < 4.78 is 5.88. The van der Waals surface area contributed by atoms with Crippen LogP contribution in [0, 0.1) is 0 Å². The summed E-state index contributed by atoms with van der Waals surface area (Å²) in [4.78, 5) is 4.66. The predicted octanol–water partition coefficient (Wildman–Crippen LogP) is 6.93. The highest BCUT2D eigenvalue weighted by Gasteiger charge is 2.10. The topological polar surface area (TPSA) is 22.1 Å². The molecule has 0 saturated heterocycles. The lowest BCUT2D eigenvalue weighted by molar-refractivity contribution is 0.304. The highest BCUT2D eigenvalue weighted by molar-refractivity contribution is 5.33. The molecule has 1 heterocycles. The second-order valence-electron chi connectivity index (χ2n) is 7.25. The maximum Gasteiger partial charge on any atom is 0.119 e. The van der Waals surface area contributed by atoms with Gasteiger partial charge in [-0.05, 0) is 42.2 Å².